The van der Waals surface area contributed by atoms with Crippen molar-refractivity contribution in [2.75, 3.05) is 7.11 Å². The number of rotatable bonds is 8. The van der Waals surface area contributed by atoms with E-state index in [1.165, 1.54) is 0 Å². The van der Waals surface area contributed by atoms with Crippen LogP contribution in [0, 0.1) is 0 Å². The molecule has 2 aromatic heterocycles. The highest BCUT2D eigenvalue weighted by atomic mass is 35.5. The van der Waals surface area contributed by atoms with Crippen molar-refractivity contribution in [1.29, 1.82) is 0 Å². The summed E-state index contributed by atoms with van der Waals surface area (Å²) in [5.41, 5.74) is 5.62. The van der Waals surface area contributed by atoms with E-state index in [1.807, 2.05) is 67.6 Å². The Bertz CT molecular complexity index is 1260. The number of hydrogen-bond donors (Lipinski definition) is 1. The first-order chi connectivity index (χ1) is 16.0. The van der Waals surface area contributed by atoms with Crippen molar-refractivity contribution in [3.8, 4) is 28.1 Å². The fourth-order valence-corrected chi connectivity index (χ4v) is 4.09. The predicted molar refractivity (Wildman–Crippen MR) is 134 cm³/mol. The normalized spacial score (nSPS) is 12.0. The van der Waals surface area contributed by atoms with E-state index in [2.05, 4.69) is 22.8 Å². The zero-order chi connectivity index (χ0) is 23.4. The highest BCUT2D eigenvalue weighted by molar-refractivity contribution is 6.33. The molecule has 0 aliphatic carbocycles. The van der Waals surface area contributed by atoms with Crippen molar-refractivity contribution < 1.29 is 9.53 Å². The van der Waals surface area contributed by atoms with Crippen molar-refractivity contribution in [3.63, 3.8) is 0 Å². The van der Waals surface area contributed by atoms with Crippen molar-refractivity contribution in [2.24, 2.45) is 0 Å². The zero-order valence-corrected chi connectivity index (χ0v) is 19.9. The maximum absolute atomic E-state index is 12.5. The van der Waals surface area contributed by atoms with E-state index in [1.54, 1.807) is 7.11 Å². The first-order valence-electron chi connectivity index (χ1n) is 11.2. The Morgan fingerprint density at radius 3 is 2.52 bits per heavy atom. The zero-order valence-electron chi connectivity index (χ0n) is 19.1. The number of methoxy groups -OCH3 is 1. The first kappa shape index (κ1) is 22.9. The first-order valence-corrected chi connectivity index (χ1v) is 11.6. The van der Waals surface area contributed by atoms with Crippen LogP contribution in [0.1, 0.15) is 32.4 Å². The van der Waals surface area contributed by atoms with Crippen LogP contribution < -0.4 is 10.1 Å². The average Bonchev–Trinajstić information content (AvgIpc) is 3.20. The van der Waals surface area contributed by atoms with E-state index in [-0.39, 0.29) is 11.9 Å². The number of benzene rings is 2. The maximum Gasteiger partial charge on any atom is 0.220 e. The summed E-state index contributed by atoms with van der Waals surface area (Å²) in [5.74, 6) is 0.834. The number of nitrogens with one attached hydrogen (secondary N) is 1. The standard InChI is InChI=1S/C27H28ClN3O2/c1-4-18(2)29-26(32)16-14-24-27(19-9-12-21(33-3)13-10-19)30-25-15-11-20(17-31(24)25)22-7-5-6-8-23(22)28/h5-13,15,17-18H,4,14,16H2,1-3H3,(H,29,32)/t18-/m0/s1. The van der Waals surface area contributed by atoms with Crippen molar-refractivity contribution in [1.82, 2.24) is 14.7 Å². The summed E-state index contributed by atoms with van der Waals surface area (Å²) in [6, 6.07) is 19.8. The maximum atomic E-state index is 12.5. The quantitative estimate of drug-likeness (QED) is 0.341. The Labute approximate surface area is 199 Å². The molecule has 5 nitrogen and oxygen atoms in total. The molecule has 0 saturated heterocycles. The van der Waals surface area contributed by atoms with Crippen LogP contribution in [0.25, 0.3) is 28.0 Å². The molecule has 6 heteroatoms. The monoisotopic (exact) mass is 461 g/mol. The number of fused-ring (bicyclic) bond motifs is 1. The van der Waals surface area contributed by atoms with Gasteiger partial charge in [-0.15, -0.1) is 0 Å². The van der Waals surface area contributed by atoms with Crippen LogP contribution in [0.2, 0.25) is 5.02 Å². The Morgan fingerprint density at radius 2 is 1.82 bits per heavy atom. The minimum absolute atomic E-state index is 0.0437. The van der Waals surface area contributed by atoms with Gasteiger partial charge in [0.1, 0.15) is 11.4 Å². The van der Waals surface area contributed by atoms with E-state index in [4.69, 9.17) is 21.3 Å². The molecule has 0 unspecified atom stereocenters. The summed E-state index contributed by atoms with van der Waals surface area (Å²) in [7, 11) is 1.65. The molecule has 4 aromatic rings. The van der Waals surface area contributed by atoms with E-state index in [0.29, 0.717) is 17.9 Å². The summed E-state index contributed by atoms with van der Waals surface area (Å²) >= 11 is 6.45. The molecular formula is C27H28ClN3O2. The number of ether oxygens (including phenoxy) is 1. The van der Waals surface area contributed by atoms with Crippen molar-refractivity contribution >= 4 is 23.2 Å². The van der Waals surface area contributed by atoms with Crippen LogP contribution in [0.5, 0.6) is 5.75 Å². The van der Waals surface area contributed by atoms with E-state index in [9.17, 15) is 4.79 Å². The number of aromatic nitrogens is 2. The predicted octanol–water partition coefficient (Wildman–Crippen LogP) is 6.18. The average molecular weight is 462 g/mol. The van der Waals surface area contributed by atoms with Crippen LogP contribution >= 0.6 is 11.6 Å². The summed E-state index contributed by atoms with van der Waals surface area (Å²) in [4.78, 5) is 17.4. The summed E-state index contributed by atoms with van der Waals surface area (Å²) in [6.07, 6.45) is 3.91. The molecule has 1 N–H and O–H groups in total. The molecule has 0 bridgehead atoms. The number of imidazole rings is 1. The van der Waals surface area contributed by atoms with Crippen molar-refractivity contribution in [2.45, 2.75) is 39.2 Å². The lowest BCUT2D eigenvalue weighted by molar-refractivity contribution is -0.121. The van der Waals surface area contributed by atoms with Gasteiger partial charge in [-0.3, -0.25) is 4.79 Å². The largest absolute Gasteiger partial charge is 0.497 e. The molecule has 0 aliphatic rings. The molecule has 2 aromatic carbocycles. The van der Waals surface area contributed by atoms with Gasteiger partial charge in [0.15, 0.2) is 0 Å². The third kappa shape index (κ3) is 5.04. The van der Waals surface area contributed by atoms with Gasteiger partial charge in [0.2, 0.25) is 5.91 Å². The van der Waals surface area contributed by atoms with Gasteiger partial charge in [-0.1, -0.05) is 36.7 Å². The number of halogens is 1. The lowest BCUT2D eigenvalue weighted by Crippen LogP contribution is -2.32. The van der Waals surface area contributed by atoms with Gasteiger partial charge in [0, 0.05) is 34.8 Å². The number of hydrogen-bond acceptors (Lipinski definition) is 3. The van der Waals surface area contributed by atoms with Crippen LogP contribution in [-0.2, 0) is 11.2 Å². The summed E-state index contributed by atoms with van der Waals surface area (Å²) < 4.78 is 7.38. The van der Waals surface area contributed by atoms with Gasteiger partial charge in [-0.05, 0) is 67.8 Å². The van der Waals surface area contributed by atoms with E-state index in [0.717, 1.165) is 45.9 Å². The Hall–Kier alpha value is -3.31. The second-order valence-corrected chi connectivity index (χ2v) is 8.55. The number of pyridine rings is 1. The van der Waals surface area contributed by atoms with Gasteiger partial charge in [0.05, 0.1) is 18.5 Å². The van der Waals surface area contributed by atoms with Gasteiger partial charge >= 0.3 is 0 Å². The molecular weight excluding hydrogens is 434 g/mol. The number of carbonyl (C=O) groups excluding carboxylic acids is 1. The number of nitrogens with zero attached hydrogens (tertiary/aromatic N) is 2. The molecule has 0 saturated carbocycles. The fourth-order valence-electron chi connectivity index (χ4n) is 3.85. The molecule has 0 spiro atoms. The van der Waals surface area contributed by atoms with Gasteiger partial charge < -0.3 is 14.5 Å². The lowest BCUT2D eigenvalue weighted by Gasteiger charge is -2.12. The molecule has 4 rings (SSSR count). The van der Waals surface area contributed by atoms with Crippen LogP contribution in [0.4, 0.5) is 0 Å². The topological polar surface area (TPSA) is 55.6 Å². The highest BCUT2D eigenvalue weighted by Gasteiger charge is 2.17. The van der Waals surface area contributed by atoms with Crippen molar-refractivity contribution in [3.05, 3.63) is 77.6 Å². The van der Waals surface area contributed by atoms with Crippen LogP contribution in [0.15, 0.2) is 66.9 Å². The molecule has 0 aliphatic heterocycles. The molecule has 1 amide bonds. The molecule has 170 valence electrons. The van der Waals surface area contributed by atoms with Gasteiger partial charge in [-0.25, -0.2) is 4.98 Å². The Balaban J connectivity index is 1.77. The highest BCUT2D eigenvalue weighted by Crippen LogP contribution is 2.31. The third-order valence-corrected chi connectivity index (χ3v) is 6.20. The van der Waals surface area contributed by atoms with Crippen LogP contribution in [-0.4, -0.2) is 28.4 Å². The number of aryl methyl sites for hydroxylation is 1. The minimum Gasteiger partial charge on any atom is -0.497 e. The minimum atomic E-state index is 0.0437. The van der Waals surface area contributed by atoms with E-state index < -0.39 is 0 Å². The number of amides is 1. The Kier molecular flexibility index (Phi) is 6.99. The van der Waals surface area contributed by atoms with Gasteiger partial charge in [-0.2, -0.15) is 0 Å². The number of carbonyl (C=O) groups is 1. The Morgan fingerprint density at radius 1 is 1.09 bits per heavy atom. The van der Waals surface area contributed by atoms with E-state index >= 15 is 0 Å². The smallest absolute Gasteiger partial charge is 0.220 e. The SMILES string of the molecule is CC[C@H](C)NC(=O)CCc1c(-c2ccc(OC)cc2)nc2ccc(-c3ccccc3Cl)cn12. The molecule has 0 radical (unpaired) electrons. The summed E-state index contributed by atoms with van der Waals surface area (Å²) in [6.45, 7) is 4.08. The second kappa shape index (κ2) is 10.1. The second-order valence-electron chi connectivity index (χ2n) is 8.14. The molecule has 0 fully saturated rings. The third-order valence-electron chi connectivity index (χ3n) is 5.87. The fraction of sp³-hybridized carbons (Fsp3) is 0.259. The van der Waals surface area contributed by atoms with Gasteiger partial charge in [0.25, 0.3) is 0 Å². The lowest BCUT2D eigenvalue weighted by atomic mass is 10.1. The molecule has 2 heterocycles. The van der Waals surface area contributed by atoms with Crippen LogP contribution in [0.3, 0.4) is 0 Å². The molecule has 1 atom stereocenters. The molecule has 33 heavy (non-hydrogen) atoms. The summed E-state index contributed by atoms with van der Waals surface area (Å²) in [5, 5.41) is 3.75.